The molecule has 20 heavy (non-hydrogen) atoms. The summed E-state index contributed by atoms with van der Waals surface area (Å²) in [6.45, 7) is 8.33. The van der Waals surface area contributed by atoms with Gasteiger partial charge in [0.1, 0.15) is 5.82 Å². The summed E-state index contributed by atoms with van der Waals surface area (Å²) in [6, 6.07) is 10.5. The van der Waals surface area contributed by atoms with Gasteiger partial charge >= 0.3 is 0 Å². The number of nitrogens with zero attached hydrogens (tertiary/aromatic N) is 2. The number of hydrogen-bond donors (Lipinski definition) is 1. The smallest absolute Gasteiger partial charge is 0.132 e. The zero-order chi connectivity index (χ0) is 14.4. The lowest BCUT2D eigenvalue weighted by Gasteiger charge is -2.08. The molecule has 0 spiro atoms. The molecule has 2 rings (SSSR count). The molecule has 1 N–H and O–H groups in total. The van der Waals surface area contributed by atoms with Crippen molar-refractivity contribution in [3.63, 3.8) is 0 Å². The van der Waals surface area contributed by atoms with Crippen LogP contribution in [0.4, 0.5) is 0 Å². The van der Waals surface area contributed by atoms with E-state index in [0.29, 0.717) is 5.92 Å². The van der Waals surface area contributed by atoms with Crippen LogP contribution in [0.3, 0.4) is 0 Å². The van der Waals surface area contributed by atoms with E-state index in [0.717, 1.165) is 31.0 Å². The van der Waals surface area contributed by atoms with E-state index in [9.17, 15) is 0 Å². The van der Waals surface area contributed by atoms with Gasteiger partial charge in [-0.3, -0.25) is 0 Å². The van der Waals surface area contributed by atoms with E-state index in [1.165, 1.54) is 11.1 Å². The maximum Gasteiger partial charge on any atom is 0.132 e. The van der Waals surface area contributed by atoms with Gasteiger partial charge in [-0.25, -0.2) is 9.97 Å². The molecule has 0 aliphatic heterocycles. The number of aromatic nitrogens is 2. The van der Waals surface area contributed by atoms with Crippen LogP contribution in [-0.4, -0.2) is 16.5 Å². The van der Waals surface area contributed by atoms with Crippen LogP contribution in [-0.2, 0) is 13.0 Å². The van der Waals surface area contributed by atoms with E-state index < -0.39 is 0 Å². The second-order valence-corrected chi connectivity index (χ2v) is 5.65. The van der Waals surface area contributed by atoms with Crippen LogP contribution >= 0.6 is 0 Å². The lowest BCUT2D eigenvalue weighted by Crippen LogP contribution is -2.20. The van der Waals surface area contributed by atoms with E-state index in [-0.39, 0.29) is 0 Å². The summed E-state index contributed by atoms with van der Waals surface area (Å²) in [7, 11) is 0. The minimum Gasteiger partial charge on any atom is -0.311 e. The highest BCUT2D eigenvalue weighted by molar-refractivity contribution is 5.24. The molecule has 0 saturated heterocycles. The molecule has 3 heteroatoms. The van der Waals surface area contributed by atoms with Crippen molar-refractivity contribution < 1.29 is 0 Å². The summed E-state index contributed by atoms with van der Waals surface area (Å²) in [6.07, 6.45) is 2.64. The molecule has 0 bridgehead atoms. The molecule has 106 valence electrons. The van der Waals surface area contributed by atoms with Crippen LogP contribution in [0.5, 0.6) is 0 Å². The van der Waals surface area contributed by atoms with Gasteiger partial charge < -0.3 is 5.32 Å². The van der Waals surface area contributed by atoms with Gasteiger partial charge in [0.05, 0.1) is 5.69 Å². The molecule has 0 saturated carbocycles. The minimum atomic E-state index is 0.656. The van der Waals surface area contributed by atoms with Crippen molar-refractivity contribution in [3.8, 4) is 0 Å². The fourth-order valence-electron chi connectivity index (χ4n) is 2.12. The Morgan fingerprint density at radius 2 is 2.05 bits per heavy atom. The molecule has 0 aliphatic carbocycles. The third kappa shape index (κ3) is 4.74. The molecule has 1 aromatic heterocycles. The van der Waals surface area contributed by atoms with Gasteiger partial charge in [0, 0.05) is 19.2 Å². The maximum absolute atomic E-state index is 4.62. The SMILES string of the molecule is Cc1cccc(Cc2nccc(CNCC(C)C)n2)c1. The Kier molecular flexibility index (Phi) is 5.24. The summed E-state index contributed by atoms with van der Waals surface area (Å²) in [5.74, 6) is 1.54. The first-order valence-corrected chi connectivity index (χ1v) is 7.20. The maximum atomic E-state index is 4.62. The fraction of sp³-hybridized carbons (Fsp3) is 0.412. The molecule has 0 fully saturated rings. The monoisotopic (exact) mass is 269 g/mol. The highest BCUT2D eigenvalue weighted by Gasteiger charge is 2.02. The lowest BCUT2D eigenvalue weighted by atomic mass is 10.1. The molecule has 1 heterocycles. The largest absolute Gasteiger partial charge is 0.311 e. The molecule has 2 aromatic rings. The van der Waals surface area contributed by atoms with E-state index in [4.69, 9.17) is 0 Å². The van der Waals surface area contributed by atoms with E-state index >= 15 is 0 Å². The van der Waals surface area contributed by atoms with Crippen LogP contribution in [0.1, 0.15) is 36.5 Å². The van der Waals surface area contributed by atoms with Crippen LogP contribution in [0, 0.1) is 12.8 Å². The third-order valence-electron chi connectivity index (χ3n) is 3.07. The van der Waals surface area contributed by atoms with Crippen molar-refractivity contribution in [2.75, 3.05) is 6.54 Å². The molecule has 0 aliphatic rings. The van der Waals surface area contributed by atoms with Crippen molar-refractivity contribution in [3.05, 3.63) is 59.2 Å². The number of rotatable bonds is 6. The Morgan fingerprint density at radius 3 is 2.80 bits per heavy atom. The quantitative estimate of drug-likeness (QED) is 0.875. The zero-order valence-corrected chi connectivity index (χ0v) is 12.6. The molecule has 1 aromatic carbocycles. The summed E-state index contributed by atoms with van der Waals surface area (Å²) in [5.41, 5.74) is 3.60. The van der Waals surface area contributed by atoms with Gasteiger partial charge in [0.25, 0.3) is 0 Å². The van der Waals surface area contributed by atoms with Crippen molar-refractivity contribution in [2.45, 2.75) is 33.7 Å². The summed E-state index contributed by atoms with van der Waals surface area (Å²) in [4.78, 5) is 8.99. The molecule has 0 amide bonds. The molecule has 0 unspecified atom stereocenters. The zero-order valence-electron chi connectivity index (χ0n) is 12.6. The standard InChI is InChI=1S/C17H23N3/c1-13(2)11-18-12-16-7-8-19-17(20-16)10-15-6-4-5-14(3)9-15/h4-9,13,18H,10-12H2,1-3H3. The minimum absolute atomic E-state index is 0.656. The van der Waals surface area contributed by atoms with Crippen LogP contribution in [0.15, 0.2) is 36.5 Å². The molecular formula is C17H23N3. The van der Waals surface area contributed by atoms with Gasteiger partial charge in [-0.2, -0.15) is 0 Å². The predicted molar refractivity (Wildman–Crippen MR) is 82.6 cm³/mol. The van der Waals surface area contributed by atoms with Gasteiger partial charge in [0.15, 0.2) is 0 Å². The Balaban J connectivity index is 1.99. The highest BCUT2D eigenvalue weighted by Crippen LogP contribution is 2.08. The second kappa shape index (κ2) is 7.15. The Labute approximate surface area is 121 Å². The highest BCUT2D eigenvalue weighted by atomic mass is 14.9. The van der Waals surface area contributed by atoms with Crippen LogP contribution < -0.4 is 5.32 Å². The van der Waals surface area contributed by atoms with Gasteiger partial charge in [-0.05, 0) is 31.0 Å². The molecule has 3 nitrogen and oxygen atoms in total. The van der Waals surface area contributed by atoms with E-state index in [1.807, 2.05) is 12.3 Å². The average Bonchev–Trinajstić information content (AvgIpc) is 2.39. The number of hydrogen-bond acceptors (Lipinski definition) is 3. The number of nitrogens with one attached hydrogen (secondary N) is 1. The van der Waals surface area contributed by atoms with Gasteiger partial charge in [-0.15, -0.1) is 0 Å². The van der Waals surface area contributed by atoms with Crippen LogP contribution in [0.2, 0.25) is 0 Å². The average molecular weight is 269 g/mol. The molecule has 0 radical (unpaired) electrons. The predicted octanol–water partition coefficient (Wildman–Crippen LogP) is 3.12. The summed E-state index contributed by atoms with van der Waals surface area (Å²) in [5, 5.41) is 3.41. The number of aryl methyl sites for hydroxylation is 1. The number of benzene rings is 1. The topological polar surface area (TPSA) is 37.8 Å². The Bertz CT molecular complexity index is 549. The first kappa shape index (κ1) is 14.7. The van der Waals surface area contributed by atoms with Gasteiger partial charge in [-0.1, -0.05) is 43.7 Å². The molecule has 0 atom stereocenters. The van der Waals surface area contributed by atoms with Crippen molar-refractivity contribution in [2.24, 2.45) is 5.92 Å². The van der Waals surface area contributed by atoms with E-state index in [1.54, 1.807) is 0 Å². The second-order valence-electron chi connectivity index (χ2n) is 5.65. The fourth-order valence-corrected chi connectivity index (χ4v) is 2.12. The summed E-state index contributed by atoms with van der Waals surface area (Å²) < 4.78 is 0. The normalized spacial score (nSPS) is 11.0. The van der Waals surface area contributed by atoms with Gasteiger partial charge in [0.2, 0.25) is 0 Å². The first-order valence-electron chi connectivity index (χ1n) is 7.20. The Hall–Kier alpha value is -1.74. The summed E-state index contributed by atoms with van der Waals surface area (Å²) >= 11 is 0. The third-order valence-corrected chi connectivity index (χ3v) is 3.07. The van der Waals surface area contributed by atoms with Crippen molar-refractivity contribution in [1.29, 1.82) is 0 Å². The Morgan fingerprint density at radius 1 is 1.20 bits per heavy atom. The van der Waals surface area contributed by atoms with E-state index in [2.05, 4.69) is 60.3 Å². The van der Waals surface area contributed by atoms with Crippen LogP contribution in [0.25, 0.3) is 0 Å². The lowest BCUT2D eigenvalue weighted by molar-refractivity contribution is 0.547. The molecular weight excluding hydrogens is 246 g/mol. The van der Waals surface area contributed by atoms with Crippen molar-refractivity contribution in [1.82, 2.24) is 15.3 Å². The van der Waals surface area contributed by atoms with Crippen molar-refractivity contribution >= 4 is 0 Å². The first-order chi connectivity index (χ1) is 9.63.